The zero-order valence-electron chi connectivity index (χ0n) is 9.54. The van der Waals surface area contributed by atoms with Gasteiger partial charge in [-0.25, -0.2) is 0 Å². The molecule has 0 heterocycles. The smallest absolute Gasteiger partial charge is 0.0132 e. The van der Waals surface area contributed by atoms with Gasteiger partial charge >= 0.3 is 0 Å². The molecule has 2 unspecified atom stereocenters. The van der Waals surface area contributed by atoms with Crippen LogP contribution in [0.3, 0.4) is 0 Å². The molecule has 0 fully saturated rings. The molecule has 2 atom stereocenters. The molecule has 1 N–H and O–H groups in total. The summed E-state index contributed by atoms with van der Waals surface area (Å²) in [5.74, 6) is 0. The second-order valence-electron chi connectivity index (χ2n) is 4.11. The van der Waals surface area contributed by atoms with Crippen molar-refractivity contribution in [3.05, 3.63) is 35.9 Å². The van der Waals surface area contributed by atoms with Crippen LogP contribution in [0.1, 0.15) is 25.8 Å². The predicted molar refractivity (Wildman–Crippen MR) is 70.6 cm³/mol. The Morgan fingerprint density at radius 3 is 2.47 bits per heavy atom. The highest BCUT2D eigenvalue weighted by Gasteiger charge is 2.04. The second-order valence-corrected chi connectivity index (χ2v) is 5.67. The van der Waals surface area contributed by atoms with E-state index in [0.717, 1.165) is 13.0 Å². The van der Waals surface area contributed by atoms with Crippen LogP contribution >= 0.6 is 15.9 Å². The first-order valence-corrected chi connectivity index (χ1v) is 6.51. The van der Waals surface area contributed by atoms with E-state index in [1.165, 1.54) is 12.0 Å². The van der Waals surface area contributed by atoms with E-state index in [0.29, 0.717) is 10.9 Å². The molecule has 0 radical (unpaired) electrons. The molecule has 84 valence electrons. The highest BCUT2D eigenvalue weighted by molar-refractivity contribution is 9.09. The van der Waals surface area contributed by atoms with Crippen LogP contribution in [-0.2, 0) is 6.42 Å². The third-order valence-corrected chi connectivity index (χ3v) is 2.80. The number of hydrogen-bond donors (Lipinski definition) is 1. The van der Waals surface area contributed by atoms with E-state index in [1.54, 1.807) is 0 Å². The van der Waals surface area contributed by atoms with Crippen molar-refractivity contribution >= 4 is 15.9 Å². The van der Waals surface area contributed by atoms with E-state index in [2.05, 4.69) is 65.4 Å². The standard InChI is InChI=1S/C13H20BrN/c1-11(14)10-12(2)15-9-8-13-6-4-3-5-7-13/h3-7,11-12,15H,8-10H2,1-2H3. The molecule has 0 aliphatic heterocycles. The average molecular weight is 270 g/mol. The van der Waals surface area contributed by atoms with Crippen LogP contribution in [0.15, 0.2) is 30.3 Å². The Morgan fingerprint density at radius 1 is 1.20 bits per heavy atom. The van der Waals surface area contributed by atoms with E-state index in [9.17, 15) is 0 Å². The van der Waals surface area contributed by atoms with Gasteiger partial charge in [-0.3, -0.25) is 0 Å². The normalized spacial score (nSPS) is 14.9. The fraction of sp³-hybridized carbons (Fsp3) is 0.538. The van der Waals surface area contributed by atoms with E-state index in [-0.39, 0.29) is 0 Å². The summed E-state index contributed by atoms with van der Waals surface area (Å²) in [5.41, 5.74) is 1.41. The largest absolute Gasteiger partial charge is 0.314 e. The SMILES string of the molecule is CC(Br)CC(C)NCCc1ccccc1. The van der Waals surface area contributed by atoms with Gasteiger partial charge in [-0.15, -0.1) is 0 Å². The number of benzene rings is 1. The fourth-order valence-electron chi connectivity index (χ4n) is 1.68. The van der Waals surface area contributed by atoms with Crippen LogP contribution in [0.2, 0.25) is 0 Å². The summed E-state index contributed by atoms with van der Waals surface area (Å²) in [7, 11) is 0. The number of halogens is 1. The first-order chi connectivity index (χ1) is 7.18. The highest BCUT2D eigenvalue weighted by Crippen LogP contribution is 2.06. The van der Waals surface area contributed by atoms with Crippen molar-refractivity contribution in [2.24, 2.45) is 0 Å². The maximum atomic E-state index is 3.57. The minimum Gasteiger partial charge on any atom is -0.314 e. The van der Waals surface area contributed by atoms with Gasteiger partial charge in [0.15, 0.2) is 0 Å². The maximum absolute atomic E-state index is 3.57. The van der Waals surface area contributed by atoms with E-state index in [1.807, 2.05) is 0 Å². The van der Waals surface area contributed by atoms with Crippen molar-refractivity contribution in [2.75, 3.05) is 6.54 Å². The minimum absolute atomic E-state index is 0.586. The zero-order valence-corrected chi connectivity index (χ0v) is 11.1. The third-order valence-electron chi connectivity index (χ3n) is 2.43. The van der Waals surface area contributed by atoms with Gasteiger partial charge in [-0.1, -0.05) is 53.2 Å². The van der Waals surface area contributed by atoms with Crippen molar-refractivity contribution in [3.63, 3.8) is 0 Å². The lowest BCUT2D eigenvalue weighted by atomic mass is 10.1. The fourth-order valence-corrected chi connectivity index (χ4v) is 2.24. The van der Waals surface area contributed by atoms with Crippen LogP contribution < -0.4 is 5.32 Å². The predicted octanol–water partition coefficient (Wildman–Crippen LogP) is 3.38. The Bertz CT molecular complexity index is 258. The number of nitrogens with one attached hydrogen (secondary N) is 1. The van der Waals surface area contributed by atoms with Crippen LogP contribution in [0, 0.1) is 0 Å². The summed E-state index contributed by atoms with van der Waals surface area (Å²) in [6.45, 7) is 5.49. The molecule has 0 spiro atoms. The number of hydrogen-bond acceptors (Lipinski definition) is 1. The van der Waals surface area contributed by atoms with Gasteiger partial charge < -0.3 is 5.32 Å². The van der Waals surface area contributed by atoms with E-state index in [4.69, 9.17) is 0 Å². The first kappa shape index (κ1) is 12.7. The minimum atomic E-state index is 0.586. The lowest BCUT2D eigenvalue weighted by Gasteiger charge is -2.14. The first-order valence-electron chi connectivity index (χ1n) is 5.60. The quantitative estimate of drug-likeness (QED) is 0.781. The summed E-state index contributed by atoms with van der Waals surface area (Å²) in [4.78, 5) is 0.594. The molecule has 0 amide bonds. The van der Waals surface area contributed by atoms with Crippen molar-refractivity contribution < 1.29 is 0 Å². The lowest BCUT2D eigenvalue weighted by molar-refractivity contribution is 0.519. The third kappa shape index (κ3) is 5.95. The molecule has 15 heavy (non-hydrogen) atoms. The van der Waals surface area contributed by atoms with Gasteiger partial charge in [0.2, 0.25) is 0 Å². The molecule has 0 saturated carbocycles. The molecule has 1 nitrogen and oxygen atoms in total. The Kier molecular flexibility index (Phi) is 5.96. The van der Waals surface area contributed by atoms with Gasteiger partial charge in [0.05, 0.1) is 0 Å². The Morgan fingerprint density at radius 2 is 1.87 bits per heavy atom. The monoisotopic (exact) mass is 269 g/mol. The van der Waals surface area contributed by atoms with Gasteiger partial charge in [0, 0.05) is 10.9 Å². The van der Waals surface area contributed by atoms with Gasteiger partial charge in [0.25, 0.3) is 0 Å². The van der Waals surface area contributed by atoms with Crippen molar-refractivity contribution in [1.82, 2.24) is 5.32 Å². The summed E-state index contributed by atoms with van der Waals surface area (Å²) < 4.78 is 0. The zero-order chi connectivity index (χ0) is 11.1. The molecule has 0 aliphatic carbocycles. The summed E-state index contributed by atoms with van der Waals surface area (Å²) >= 11 is 3.57. The second kappa shape index (κ2) is 7.02. The molecule has 0 aliphatic rings. The molecule has 2 heteroatoms. The van der Waals surface area contributed by atoms with E-state index < -0.39 is 0 Å². The van der Waals surface area contributed by atoms with Gasteiger partial charge in [0.1, 0.15) is 0 Å². The van der Waals surface area contributed by atoms with Crippen molar-refractivity contribution in [1.29, 1.82) is 0 Å². The number of rotatable bonds is 6. The Hall–Kier alpha value is -0.340. The van der Waals surface area contributed by atoms with Crippen LogP contribution in [-0.4, -0.2) is 17.4 Å². The summed E-state index contributed by atoms with van der Waals surface area (Å²) in [5, 5.41) is 3.53. The highest BCUT2D eigenvalue weighted by atomic mass is 79.9. The van der Waals surface area contributed by atoms with Crippen molar-refractivity contribution in [3.8, 4) is 0 Å². The maximum Gasteiger partial charge on any atom is 0.0132 e. The van der Waals surface area contributed by atoms with Gasteiger partial charge in [-0.2, -0.15) is 0 Å². The molecule has 1 aromatic rings. The molecule has 0 aromatic heterocycles. The average Bonchev–Trinajstić information content (AvgIpc) is 2.18. The number of alkyl halides is 1. The van der Waals surface area contributed by atoms with Gasteiger partial charge in [-0.05, 0) is 31.9 Å². The van der Waals surface area contributed by atoms with E-state index >= 15 is 0 Å². The molecule has 0 saturated heterocycles. The summed E-state index contributed by atoms with van der Waals surface area (Å²) in [6.07, 6.45) is 2.29. The molecule has 1 rings (SSSR count). The topological polar surface area (TPSA) is 12.0 Å². The Labute approximate surface area is 101 Å². The Balaban J connectivity index is 2.16. The lowest BCUT2D eigenvalue weighted by Crippen LogP contribution is -2.29. The summed E-state index contributed by atoms with van der Waals surface area (Å²) in [6, 6.07) is 11.2. The molecular weight excluding hydrogens is 250 g/mol. The molecule has 1 aromatic carbocycles. The van der Waals surface area contributed by atoms with Crippen LogP contribution in [0.5, 0.6) is 0 Å². The molecular formula is C13H20BrN. The van der Waals surface area contributed by atoms with Crippen LogP contribution in [0.25, 0.3) is 0 Å². The van der Waals surface area contributed by atoms with Crippen molar-refractivity contribution in [2.45, 2.75) is 37.6 Å². The molecule has 0 bridgehead atoms. The van der Waals surface area contributed by atoms with Crippen LogP contribution in [0.4, 0.5) is 0 Å².